The highest BCUT2D eigenvalue weighted by atomic mass is 16.5. The fourth-order valence-corrected chi connectivity index (χ4v) is 0.968. The highest BCUT2D eigenvalue weighted by Gasteiger charge is 1.99. The first-order valence-electron chi connectivity index (χ1n) is 4.08. The summed E-state index contributed by atoms with van der Waals surface area (Å²) >= 11 is 0. The van der Waals surface area contributed by atoms with E-state index in [-0.39, 0.29) is 0 Å². The van der Waals surface area contributed by atoms with Crippen LogP contribution in [0.25, 0.3) is 0 Å². The normalized spacial score (nSPS) is 10.0. The van der Waals surface area contributed by atoms with Gasteiger partial charge in [-0.3, -0.25) is 0 Å². The molecule has 0 saturated carbocycles. The van der Waals surface area contributed by atoms with Crippen LogP contribution < -0.4 is 10.5 Å². The van der Waals surface area contributed by atoms with Gasteiger partial charge in [0.05, 0.1) is 0 Å². The van der Waals surface area contributed by atoms with Crippen molar-refractivity contribution in [1.82, 2.24) is 10.1 Å². The maximum absolute atomic E-state index is 5.52. The lowest BCUT2D eigenvalue weighted by Gasteiger charge is -2.02. The SMILES string of the molecule is Nc1ccc(OCc2ncon2)cc1. The molecular formula is C9H9N3O2. The van der Waals surface area contributed by atoms with Gasteiger partial charge < -0.3 is 15.0 Å². The number of ether oxygens (including phenoxy) is 1. The predicted molar refractivity (Wildman–Crippen MR) is 49.5 cm³/mol. The van der Waals surface area contributed by atoms with Crippen molar-refractivity contribution in [3.8, 4) is 5.75 Å². The largest absolute Gasteiger partial charge is 0.485 e. The van der Waals surface area contributed by atoms with Gasteiger partial charge in [0, 0.05) is 5.69 Å². The van der Waals surface area contributed by atoms with Gasteiger partial charge in [-0.2, -0.15) is 4.98 Å². The quantitative estimate of drug-likeness (QED) is 0.738. The molecule has 0 aliphatic carbocycles. The van der Waals surface area contributed by atoms with Crippen LogP contribution in [0.15, 0.2) is 35.2 Å². The number of hydrogen-bond acceptors (Lipinski definition) is 5. The number of nitrogens with two attached hydrogens (primary N) is 1. The number of anilines is 1. The summed E-state index contributed by atoms with van der Waals surface area (Å²) in [5.74, 6) is 1.24. The van der Waals surface area contributed by atoms with Gasteiger partial charge in [-0.15, -0.1) is 0 Å². The zero-order valence-corrected chi connectivity index (χ0v) is 7.38. The number of nitrogens with zero attached hydrogens (tertiary/aromatic N) is 2. The summed E-state index contributed by atoms with van der Waals surface area (Å²) in [4.78, 5) is 3.82. The van der Waals surface area contributed by atoms with E-state index in [0.717, 1.165) is 5.75 Å². The molecule has 72 valence electrons. The van der Waals surface area contributed by atoms with Crippen LogP contribution in [0.5, 0.6) is 5.75 Å². The number of rotatable bonds is 3. The molecule has 14 heavy (non-hydrogen) atoms. The molecule has 0 atom stereocenters. The van der Waals surface area contributed by atoms with Crippen molar-refractivity contribution >= 4 is 5.69 Å². The Kier molecular flexibility index (Phi) is 2.31. The molecule has 2 aromatic rings. The highest BCUT2D eigenvalue weighted by molar-refractivity contribution is 5.41. The van der Waals surface area contributed by atoms with Crippen LogP contribution >= 0.6 is 0 Å². The Labute approximate surface area is 80.5 Å². The van der Waals surface area contributed by atoms with Gasteiger partial charge in [0.15, 0.2) is 6.61 Å². The fourth-order valence-electron chi connectivity index (χ4n) is 0.968. The molecule has 5 nitrogen and oxygen atoms in total. The molecule has 0 aliphatic heterocycles. The second-order valence-electron chi connectivity index (χ2n) is 2.71. The molecule has 0 saturated heterocycles. The summed E-state index contributed by atoms with van der Waals surface area (Å²) in [7, 11) is 0. The minimum atomic E-state index is 0.292. The minimum Gasteiger partial charge on any atom is -0.485 e. The van der Waals surface area contributed by atoms with Crippen molar-refractivity contribution in [2.75, 3.05) is 5.73 Å². The van der Waals surface area contributed by atoms with E-state index >= 15 is 0 Å². The summed E-state index contributed by atoms with van der Waals surface area (Å²) in [6.45, 7) is 0.292. The topological polar surface area (TPSA) is 74.2 Å². The minimum absolute atomic E-state index is 0.292. The maximum atomic E-state index is 5.52. The van der Waals surface area contributed by atoms with E-state index in [1.165, 1.54) is 6.39 Å². The lowest BCUT2D eigenvalue weighted by Crippen LogP contribution is -1.97. The second-order valence-corrected chi connectivity index (χ2v) is 2.71. The van der Waals surface area contributed by atoms with Crippen molar-refractivity contribution in [3.63, 3.8) is 0 Å². The van der Waals surface area contributed by atoms with Gasteiger partial charge >= 0.3 is 0 Å². The molecule has 2 N–H and O–H groups in total. The molecule has 0 bridgehead atoms. The van der Waals surface area contributed by atoms with Crippen molar-refractivity contribution in [3.05, 3.63) is 36.5 Å². The molecule has 0 fully saturated rings. The Morgan fingerprint density at radius 2 is 2.07 bits per heavy atom. The first-order chi connectivity index (χ1) is 6.84. The van der Waals surface area contributed by atoms with Gasteiger partial charge in [0.2, 0.25) is 12.2 Å². The maximum Gasteiger partial charge on any atom is 0.213 e. The van der Waals surface area contributed by atoms with Crippen LogP contribution in [0.4, 0.5) is 5.69 Å². The smallest absolute Gasteiger partial charge is 0.213 e. The molecule has 2 rings (SSSR count). The fraction of sp³-hybridized carbons (Fsp3) is 0.111. The Hall–Kier alpha value is -2.04. The lowest BCUT2D eigenvalue weighted by molar-refractivity contribution is 0.286. The van der Waals surface area contributed by atoms with E-state index in [2.05, 4.69) is 14.7 Å². The first-order valence-corrected chi connectivity index (χ1v) is 4.08. The summed E-state index contributed by atoms with van der Waals surface area (Å²) in [5, 5.41) is 3.61. The Balaban J connectivity index is 1.95. The third kappa shape index (κ3) is 2.01. The number of nitrogen functional groups attached to an aromatic ring is 1. The van der Waals surface area contributed by atoms with Gasteiger partial charge in [0.1, 0.15) is 5.75 Å². The molecule has 0 amide bonds. The van der Waals surface area contributed by atoms with E-state index in [1.807, 2.05) is 0 Å². The average molecular weight is 191 g/mol. The van der Waals surface area contributed by atoms with Crippen molar-refractivity contribution in [1.29, 1.82) is 0 Å². The standard InChI is InChI=1S/C9H9N3O2/c10-7-1-3-8(4-2-7)13-5-9-11-6-14-12-9/h1-4,6H,5,10H2. The number of aromatic nitrogens is 2. The van der Waals surface area contributed by atoms with E-state index in [9.17, 15) is 0 Å². The Morgan fingerprint density at radius 1 is 1.29 bits per heavy atom. The van der Waals surface area contributed by atoms with Gasteiger partial charge in [-0.1, -0.05) is 5.16 Å². The molecule has 1 aromatic carbocycles. The number of benzene rings is 1. The van der Waals surface area contributed by atoms with Crippen LogP contribution in [0.3, 0.4) is 0 Å². The first kappa shape index (κ1) is 8.55. The number of hydrogen-bond donors (Lipinski definition) is 1. The molecule has 0 unspecified atom stereocenters. The van der Waals surface area contributed by atoms with Crippen LogP contribution in [0.1, 0.15) is 5.82 Å². The summed E-state index contributed by atoms with van der Waals surface area (Å²) in [6, 6.07) is 7.11. The lowest BCUT2D eigenvalue weighted by atomic mass is 10.3. The van der Waals surface area contributed by atoms with Gasteiger partial charge in [-0.05, 0) is 24.3 Å². The van der Waals surface area contributed by atoms with Gasteiger partial charge in [-0.25, -0.2) is 0 Å². The molecule has 1 aromatic heterocycles. The molecule has 1 heterocycles. The highest BCUT2D eigenvalue weighted by Crippen LogP contribution is 2.13. The molecule has 0 aliphatic rings. The molecule has 0 radical (unpaired) electrons. The van der Waals surface area contributed by atoms with Crippen LogP contribution in [-0.2, 0) is 6.61 Å². The van der Waals surface area contributed by atoms with Gasteiger partial charge in [0.25, 0.3) is 0 Å². The van der Waals surface area contributed by atoms with E-state index in [4.69, 9.17) is 10.5 Å². The van der Waals surface area contributed by atoms with Crippen LogP contribution in [0, 0.1) is 0 Å². The zero-order valence-electron chi connectivity index (χ0n) is 7.38. The molecule has 0 spiro atoms. The van der Waals surface area contributed by atoms with Crippen molar-refractivity contribution < 1.29 is 9.26 Å². The van der Waals surface area contributed by atoms with E-state index in [0.29, 0.717) is 18.1 Å². The Bertz CT molecular complexity index is 383. The molecular weight excluding hydrogens is 182 g/mol. The summed E-state index contributed by atoms with van der Waals surface area (Å²) in [5.41, 5.74) is 6.23. The molecule has 5 heteroatoms. The van der Waals surface area contributed by atoms with Crippen LogP contribution in [-0.4, -0.2) is 10.1 Å². The third-order valence-electron chi connectivity index (χ3n) is 1.65. The monoisotopic (exact) mass is 191 g/mol. The van der Waals surface area contributed by atoms with E-state index in [1.54, 1.807) is 24.3 Å². The van der Waals surface area contributed by atoms with Crippen molar-refractivity contribution in [2.24, 2.45) is 0 Å². The third-order valence-corrected chi connectivity index (χ3v) is 1.65. The summed E-state index contributed by atoms with van der Waals surface area (Å²) < 4.78 is 9.93. The average Bonchev–Trinajstić information content (AvgIpc) is 2.70. The summed E-state index contributed by atoms with van der Waals surface area (Å²) in [6.07, 6.45) is 1.27. The van der Waals surface area contributed by atoms with Crippen molar-refractivity contribution in [2.45, 2.75) is 6.61 Å². The van der Waals surface area contributed by atoms with E-state index < -0.39 is 0 Å². The van der Waals surface area contributed by atoms with Crippen LogP contribution in [0.2, 0.25) is 0 Å². The Morgan fingerprint density at radius 3 is 2.71 bits per heavy atom. The predicted octanol–water partition coefficient (Wildman–Crippen LogP) is 1.23. The second kappa shape index (κ2) is 3.78. The zero-order chi connectivity index (χ0) is 9.80.